The first-order chi connectivity index (χ1) is 10.6. The van der Waals surface area contributed by atoms with Gasteiger partial charge in [-0.2, -0.15) is 0 Å². The molecule has 0 aliphatic heterocycles. The minimum atomic E-state index is -0.372. The van der Waals surface area contributed by atoms with Crippen molar-refractivity contribution in [3.05, 3.63) is 28.8 Å². The highest BCUT2D eigenvalue weighted by Crippen LogP contribution is 2.24. The van der Waals surface area contributed by atoms with E-state index in [2.05, 4.69) is 20.7 Å². The maximum atomic E-state index is 12.4. The van der Waals surface area contributed by atoms with Gasteiger partial charge < -0.3 is 14.3 Å². The first kappa shape index (κ1) is 14.7. The Bertz CT molecular complexity index is 674. The summed E-state index contributed by atoms with van der Waals surface area (Å²) in [6.07, 6.45) is 3.84. The molecule has 0 bridgehead atoms. The molecule has 2 heterocycles. The number of hydrogen-bond donors (Lipinski definition) is 1. The van der Waals surface area contributed by atoms with Crippen molar-refractivity contribution in [3.63, 3.8) is 0 Å². The first-order valence-corrected chi connectivity index (χ1v) is 7.68. The Balaban J connectivity index is 1.72. The van der Waals surface area contributed by atoms with E-state index in [1.54, 1.807) is 0 Å². The number of aryl methyl sites for hydroxylation is 1. The quantitative estimate of drug-likeness (QED) is 0.932. The van der Waals surface area contributed by atoms with E-state index in [4.69, 9.17) is 8.94 Å². The number of aromatic nitrogens is 3. The highest BCUT2D eigenvalue weighted by Gasteiger charge is 2.26. The molecule has 0 radical (unpaired) electrons. The zero-order chi connectivity index (χ0) is 15.7. The van der Waals surface area contributed by atoms with E-state index in [0.29, 0.717) is 17.5 Å². The Morgan fingerprint density at radius 3 is 2.59 bits per heavy atom. The summed E-state index contributed by atoms with van der Waals surface area (Å²) in [4.78, 5) is 12.4. The smallest absolute Gasteiger partial charge is 0.274 e. The van der Waals surface area contributed by atoms with Gasteiger partial charge in [0.15, 0.2) is 5.69 Å². The van der Waals surface area contributed by atoms with E-state index in [1.165, 1.54) is 0 Å². The summed E-state index contributed by atoms with van der Waals surface area (Å²) in [7, 11) is 0. The summed E-state index contributed by atoms with van der Waals surface area (Å²) in [5.41, 5.74) is 1.31. The molecule has 0 saturated heterocycles. The van der Waals surface area contributed by atoms with E-state index >= 15 is 0 Å². The van der Waals surface area contributed by atoms with E-state index in [0.717, 1.165) is 37.0 Å². The SMILES string of the molecule is CC(C)c1nnc(C(C)NC(=O)c2noc3c2CCCC3)o1. The zero-order valence-corrected chi connectivity index (χ0v) is 13.0. The summed E-state index contributed by atoms with van der Waals surface area (Å²) in [6.45, 7) is 5.76. The number of rotatable bonds is 4. The topological polar surface area (TPSA) is 94.1 Å². The van der Waals surface area contributed by atoms with Crippen LogP contribution in [-0.2, 0) is 12.8 Å². The second kappa shape index (κ2) is 5.90. The van der Waals surface area contributed by atoms with Crippen LogP contribution in [0.3, 0.4) is 0 Å². The van der Waals surface area contributed by atoms with Crippen molar-refractivity contribution in [2.75, 3.05) is 0 Å². The highest BCUT2D eigenvalue weighted by atomic mass is 16.5. The van der Waals surface area contributed by atoms with Crippen LogP contribution >= 0.6 is 0 Å². The van der Waals surface area contributed by atoms with Gasteiger partial charge in [0.2, 0.25) is 11.8 Å². The molecule has 0 aromatic carbocycles. The van der Waals surface area contributed by atoms with Gasteiger partial charge in [0.25, 0.3) is 5.91 Å². The fourth-order valence-corrected chi connectivity index (χ4v) is 2.54. The Morgan fingerprint density at radius 1 is 1.14 bits per heavy atom. The standard InChI is InChI=1S/C15H20N4O3/c1-8(2)14-17-18-15(21-14)9(3)16-13(20)12-10-6-4-5-7-11(10)22-19-12/h8-9H,4-7H2,1-3H3,(H,16,20). The molecule has 7 nitrogen and oxygen atoms in total. The summed E-state index contributed by atoms with van der Waals surface area (Å²) >= 11 is 0. The second-order valence-electron chi connectivity index (χ2n) is 5.97. The average Bonchev–Trinajstić information content (AvgIpc) is 3.14. The molecular weight excluding hydrogens is 284 g/mol. The van der Waals surface area contributed by atoms with Gasteiger partial charge in [-0.05, 0) is 26.2 Å². The third kappa shape index (κ3) is 2.75. The summed E-state index contributed by atoms with van der Waals surface area (Å²) in [6, 6.07) is -0.372. The van der Waals surface area contributed by atoms with Gasteiger partial charge >= 0.3 is 0 Å². The van der Waals surface area contributed by atoms with Crippen LogP contribution in [0.15, 0.2) is 8.94 Å². The van der Waals surface area contributed by atoms with Crippen LogP contribution in [0.4, 0.5) is 0 Å². The van der Waals surface area contributed by atoms with Gasteiger partial charge in [-0.3, -0.25) is 4.79 Å². The Labute approximate surface area is 128 Å². The fourth-order valence-electron chi connectivity index (χ4n) is 2.54. The number of carbonyl (C=O) groups is 1. The third-order valence-electron chi connectivity index (χ3n) is 3.83. The Hall–Kier alpha value is -2.18. The van der Waals surface area contributed by atoms with Gasteiger partial charge in [-0.1, -0.05) is 19.0 Å². The predicted octanol–water partition coefficient (Wildman–Crippen LogP) is 2.55. The van der Waals surface area contributed by atoms with Crippen molar-refractivity contribution >= 4 is 5.91 Å². The number of nitrogens with zero attached hydrogens (tertiary/aromatic N) is 3. The Kier molecular flexibility index (Phi) is 3.96. The largest absolute Gasteiger partial charge is 0.423 e. The van der Waals surface area contributed by atoms with Crippen molar-refractivity contribution in [2.45, 2.75) is 58.4 Å². The van der Waals surface area contributed by atoms with Crippen LogP contribution in [0.2, 0.25) is 0 Å². The molecule has 2 aromatic rings. The summed E-state index contributed by atoms with van der Waals surface area (Å²) in [5, 5.41) is 14.7. The minimum Gasteiger partial charge on any atom is -0.423 e. The van der Waals surface area contributed by atoms with E-state index < -0.39 is 0 Å². The molecule has 0 saturated carbocycles. The molecule has 2 aromatic heterocycles. The maximum absolute atomic E-state index is 12.4. The number of fused-ring (bicyclic) bond motifs is 1. The molecule has 22 heavy (non-hydrogen) atoms. The Morgan fingerprint density at radius 2 is 1.86 bits per heavy atom. The predicted molar refractivity (Wildman–Crippen MR) is 77.4 cm³/mol. The molecule has 1 atom stereocenters. The number of carbonyl (C=O) groups excluding carboxylic acids is 1. The van der Waals surface area contributed by atoms with Crippen LogP contribution in [-0.4, -0.2) is 21.3 Å². The molecule has 1 aliphatic carbocycles. The second-order valence-corrected chi connectivity index (χ2v) is 5.97. The fraction of sp³-hybridized carbons (Fsp3) is 0.600. The maximum Gasteiger partial charge on any atom is 0.274 e. The van der Waals surface area contributed by atoms with Crippen molar-refractivity contribution < 1.29 is 13.7 Å². The van der Waals surface area contributed by atoms with E-state index in [9.17, 15) is 4.79 Å². The van der Waals surface area contributed by atoms with Gasteiger partial charge in [-0.25, -0.2) is 0 Å². The van der Waals surface area contributed by atoms with Crippen LogP contribution in [0, 0.1) is 0 Å². The van der Waals surface area contributed by atoms with Crippen molar-refractivity contribution in [1.82, 2.24) is 20.7 Å². The number of nitrogens with one attached hydrogen (secondary N) is 1. The highest BCUT2D eigenvalue weighted by molar-refractivity contribution is 5.94. The molecule has 1 N–H and O–H groups in total. The molecule has 118 valence electrons. The number of hydrogen-bond acceptors (Lipinski definition) is 6. The van der Waals surface area contributed by atoms with Gasteiger partial charge in [0.05, 0.1) is 0 Å². The van der Waals surface area contributed by atoms with Crippen molar-refractivity contribution in [1.29, 1.82) is 0 Å². The van der Waals surface area contributed by atoms with E-state index in [1.807, 2.05) is 20.8 Å². The number of amides is 1. The van der Waals surface area contributed by atoms with Crippen molar-refractivity contribution in [2.24, 2.45) is 0 Å². The summed E-state index contributed by atoms with van der Waals surface area (Å²) < 4.78 is 10.8. The lowest BCUT2D eigenvalue weighted by atomic mass is 9.96. The third-order valence-corrected chi connectivity index (χ3v) is 3.83. The average molecular weight is 304 g/mol. The van der Waals surface area contributed by atoms with Crippen molar-refractivity contribution in [3.8, 4) is 0 Å². The van der Waals surface area contributed by atoms with Gasteiger partial charge in [-0.15, -0.1) is 10.2 Å². The molecule has 1 amide bonds. The van der Waals surface area contributed by atoms with Gasteiger partial charge in [0.1, 0.15) is 11.8 Å². The first-order valence-electron chi connectivity index (χ1n) is 7.68. The van der Waals surface area contributed by atoms with E-state index in [-0.39, 0.29) is 17.9 Å². The zero-order valence-electron chi connectivity index (χ0n) is 13.0. The molecule has 3 rings (SSSR count). The molecule has 1 aliphatic rings. The van der Waals surface area contributed by atoms with Crippen LogP contribution in [0.5, 0.6) is 0 Å². The lowest BCUT2D eigenvalue weighted by molar-refractivity contribution is 0.0923. The van der Waals surface area contributed by atoms with Crippen LogP contribution < -0.4 is 5.32 Å². The summed E-state index contributed by atoms with van der Waals surface area (Å²) in [5.74, 6) is 1.70. The molecule has 1 unspecified atom stereocenters. The monoisotopic (exact) mass is 304 g/mol. The molecular formula is C15H20N4O3. The lowest BCUT2D eigenvalue weighted by Crippen LogP contribution is -2.28. The van der Waals surface area contributed by atoms with Gasteiger partial charge in [0, 0.05) is 17.9 Å². The lowest BCUT2D eigenvalue weighted by Gasteiger charge is -2.11. The van der Waals surface area contributed by atoms with Crippen LogP contribution in [0.25, 0.3) is 0 Å². The molecule has 7 heteroatoms. The minimum absolute atomic E-state index is 0.159. The molecule has 0 fully saturated rings. The normalized spacial score (nSPS) is 15.6. The van der Waals surface area contributed by atoms with Crippen LogP contribution in [0.1, 0.15) is 79.2 Å². The molecule has 0 spiro atoms.